The van der Waals surface area contributed by atoms with E-state index in [1.165, 1.54) is 38.2 Å². The van der Waals surface area contributed by atoms with Crippen molar-refractivity contribution < 1.29 is 37.3 Å². The van der Waals surface area contributed by atoms with Gasteiger partial charge in [-0.15, -0.1) is 0 Å². The van der Waals surface area contributed by atoms with Crippen molar-refractivity contribution in [2.45, 2.75) is 31.5 Å². The predicted octanol–water partition coefficient (Wildman–Crippen LogP) is 5.53. The zero-order valence-corrected chi connectivity index (χ0v) is 19.4. The summed E-state index contributed by atoms with van der Waals surface area (Å²) in [7, 11) is 1.28. The number of aliphatic hydroxyl groups is 1. The van der Waals surface area contributed by atoms with E-state index in [4.69, 9.17) is 21.4 Å². The van der Waals surface area contributed by atoms with Crippen LogP contribution >= 0.6 is 11.6 Å². The molecule has 186 valence electrons. The van der Waals surface area contributed by atoms with Crippen LogP contribution in [0.15, 0.2) is 53.5 Å². The minimum atomic E-state index is -5.13. The van der Waals surface area contributed by atoms with E-state index in [0.29, 0.717) is 0 Å². The van der Waals surface area contributed by atoms with Gasteiger partial charge in [-0.1, -0.05) is 24.6 Å². The highest BCUT2D eigenvalue weighted by Crippen LogP contribution is 2.50. The summed E-state index contributed by atoms with van der Waals surface area (Å²) in [4.78, 5) is 22.9. The minimum absolute atomic E-state index is 0.0240. The first-order valence-electron chi connectivity index (χ1n) is 10.1. The summed E-state index contributed by atoms with van der Waals surface area (Å²) in [5.74, 6) is -4.11. The predicted molar refractivity (Wildman–Crippen MR) is 120 cm³/mol. The number of pyridine rings is 1. The highest BCUT2D eigenvalue weighted by atomic mass is 35.5. The summed E-state index contributed by atoms with van der Waals surface area (Å²) in [6, 6.07) is 7.76. The van der Waals surface area contributed by atoms with Crippen molar-refractivity contribution in [2.75, 3.05) is 0 Å². The first-order chi connectivity index (χ1) is 16.2. The highest BCUT2D eigenvalue weighted by molar-refractivity contribution is 6.31. The molecule has 2 aromatic carbocycles. The van der Waals surface area contributed by atoms with Gasteiger partial charge in [0.2, 0.25) is 0 Å². The molecule has 0 aliphatic rings. The zero-order valence-electron chi connectivity index (χ0n) is 18.7. The standard InChI is InChI=1S/C24H20ClF4NO5/c1-12-8-14(11-30(3)21(12)31)23(34,24(27,28)29)13(2)17-6-4-15(9-19(17)25)35-16-5-7-18(22(32)33)20(26)10-16/h4-11,13,34H,1-3H3,(H,32,33)/t13-,23-/m1/s1. The van der Waals surface area contributed by atoms with Crippen molar-refractivity contribution in [3.8, 4) is 11.5 Å². The number of nitrogens with zero attached hydrogens (tertiary/aromatic N) is 1. The number of alkyl halides is 3. The third kappa shape index (κ3) is 4.89. The molecule has 0 radical (unpaired) electrons. The number of rotatable bonds is 6. The third-order valence-corrected chi connectivity index (χ3v) is 6.03. The van der Waals surface area contributed by atoms with Crippen molar-refractivity contribution in [1.29, 1.82) is 0 Å². The van der Waals surface area contributed by atoms with Crippen molar-refractivity contribution >= 4 is 17.6 Å². The lowest BCUT2D eigenvalue weighted by molar-refractivity contribution is -0.274. The molecule has 35 heavy (non-hydrogen) atoms. The normalized spacial score (nSPS) is 14.3. The molecule has 0 bridgehead atoms. The van der Waals surface area contributed by atoms with Gasteiger partial charge in [-0.3, -0.25) is 4.79 Å². The average molecular weight is 514 g/mol. The number of carbonyl (C=O) groups is 1. The maximum atomic E-state index is 14.2. The van der Waals surface area contributed by atoms with E-state index in [1.807, 2.05) is 0 Å². The van der Waals surface area contributed by atoms with Crippen molar-refractivity contribution in [3.05, 3.63) is 92.1 Å². The maximum Gasteiger partial charge on any atom is 0.422 e. The van der Waals surface area contributed by atoms with Crippen LogP contribution in [0, 0.1) is 12.7 Å². The van der Waals surface area contributed by atoms with Gasteiger partial charge in [0, 0.05) is 41.4 Å². The van der Waals surface area contributed by atoms with E-state index >= 15 is 0 Å². The van der Waals surface area contributed by atoms with Gasteiger partial charge in [0.25, 0.3) is 5.56 Å². The summed E-state index contributed by atoms with van der Waals surface area (Å²) in [5, 5.41) is 19.7. The lowest BCUT2D eigenvalue weighted by atomic mass is 9.78. The average Bonchev–Trinajstić information content (AvgIpc) is 2.75. The molecule has 0 aliphatic carbocycles. The van der Waals surface area contributed by atoms with Crippen LogP contribution in [0.2, 0.25) is 5.02 Å². The van der Waals surface area contributed by atoms with Crippen LogP contribution in [0.25, 0.3) is 0 Å². The van der Waals surface area contributed by atoms with Crippen molar-refractivity contribution in [3.63, 3.8) is 0 Å². The molecule has 0 saturated heterocycles. The van der Waals surface area contributed by atoms with Crippen LogP contribution in [0.3, 0.4) is 0 Å². The number of carboxylic acids is 1. The van der Waals surface area contributed by atoms with Gasteiger partial charge >= 0.3 is 12.1 Å². The Hall–Kier alpha value is -3.37. The van der Waals surface area contributed by atoms with Gasteiger partial charge in [0.15, 0.2) is 5.60 Å². The minimum Gasteiger partial charge on any atom is -0.478 e. The molecule has 1 aromatic heterocycles. The number of ether oxygens (including phenoxy) is 1. The van der Waals surface area contributed by atoms with Gasteiger partial charge < -0.3 is 19.5 Å². The van der Waals surface area contributed by atoms with Gasteiger partial charge in [-0.2, -0.15) is 13.2 Å². The van der Waals surface area contributed by atoms with E-state index in [-0.39, 0.29) is 27.6 Å². The Morgan fingerprint density at radius 3 is 2.23 bits per heavy atom. The van der Waals surface area contributed by atoms with Crippen LogP contribution in [0.4, 0.5) is 17.6 Å². The Morgan fingerprint density at radius 1 is 1.11 bits per heavy atom. The molecule has 2 N–H and O–H groups in total. The molecule has 0 amide bonds. The Kier molecular flexibility index (Phi) is 7.01. The highest BCUT2D eigenvalue weighted by Gasteiger charge is 2.59. The molecular formula is C24H20ClF4NO5. The number of benzene rings is 2. The van der Waals surface area contributed by atoms with E-state index in [1.54, 1.807) is 0 Å². The molecule has 3 rings (SSSR count). The first-order valence-corrected chi connectivity index (χ1v) is 10.5. The fraction of sp³-hybridized carbons (Fsp3) is 0.250. The molecule has 1 heterocycles. The number of aromatic carboxylic acids is 1. The molecule has 0 aliphatic heterocycles. The van der Waals surface area contributed by atoms with E-state index < -0.39 is 46.2 Å². The molecule has 6 nitrogen and oxygen atoms in total. The Balaban J connectivity index is 2.00. The van der Waals surface area contributed by atoms with Gasteiger partial charge in [0.1, 0.15) is 17.3 Å². The van der Waals surface area contributed by atoms with Crippen LogP contribution in [-0.4, -0.2) is 26.9 Å². The number of aromatic nitrogens is 1. The number of halogens is 5. The molecule has 0 fully saturated rings. The van der Waals surface area contributed by atoms with Crippen molar-refractivity contribution in [2.24, 2.45) is 7.05 Å². The lowest BCUT2D eigenvalue weighted by Crippen LogP contribution is -2.47. The lowest BCUT2D eigenvalue weighted by Gasteiger charge is -2.37. The number of aryl methyl sites for hydroxylation is 2. The van der Waals surface area contributed by atoms with E-state index in [9.17, 15) is 32.3 Å². The molecule has 3 aromatic rings. The summed E-state index contributed by atoms with van der Waals surface area (Å²) >= 11 is 6.25. The fourth-order valence-electron chi connectivity index (χ4n) is 3.76. The SMILES string of the molecule is Cc1cc([C@](O)([C@H](C)c2ccc(Oc3ccc(C(=O)O)c(F)c3)cc2Cl)C(F)(F)F)cn(C)c1=O. The Morgan fingerprint density at radius 2 is 1.71 bits per heavy atom. The second-order valence-electron chi connectivity index (χ2n) is 8.05. The van der Waals surface area contributed by atoms with E-state index in [0.717, 1.165) is 35.9 Å². The van der Waals surface area contributed by atoms with Crippen LogP contribution < -0.4 is 10.3 Å². The Bertz CT molecular complexity index is 1330. The van der Waals surface area contributed by atoms with Gasteiger partial charge in [-0.05, 0) is 42.8 Å². The molecule has 0 saturated carbocycles. The van der Waals surface area contributed by atoms with Crippen LogP contribution in [0.5, 0.6) is 11.5 Å². The largest absolute Gasteiger partial charge is 0.478 e. The maximum absolute atomic E-state index is 14.2. The summed E-state index contributed by atoms with van der Waals surface area (Å²) < 4.78 is 63.0. The van der Waals surface area contributed by atoms with Gasteiger partial charge in [0.05, 0.1) is 5.56 Å². The third-order valence-electron chi connectivity index (χ3n) is 5.71. The number of carboxylic acid groups (broad SMARTS) is 1. The van der Waals surface area contributed by atoms with Crippen LogP contribution in [0.1, 0.15) is 39.9 Å². The Labute approximate surface area is 202 Å². The zero-order chi connectivity index (χ0) is 26.3. The number of hydrogen-bond donors (Lipinski definition) is 2. The molecule has 2 atom stereocenters. The fourth-order valence-corrected chi connectivity index (χ4v) is 4.10. The van der Waals surface area contributed by atoms with E-state index in [2.05, 4.69) is 0 Å². The molecular weight excluding hydrogens is 494 g/mol. The second-order valence-corrected chi connectivity index (χ2v) is 8.45. The first kappa shape index (κ1) is 26.2. The summed E-state index contributed by atoms with van der Waals surface area (Å²) in [6.45, 7) is 2.49. The molecule has 11 heteroatoms. The molecule has 0 unspecified atom stereocenters. The number of hydrogen-bond acceptors (Lipinski definition) is 4. The smallest absolute Gasteiger partial charge is 0.422 e. The summed E-state index contributed by atoms with van der Waals surface area (Å²) in [5.41, 5.74) is -5.00. The van der Waals surface area contributed by atoms with Crippen LogP contribution in [-0.2, 0) is 12.6 Å². The van der Waals surface area contributed by atoms with Gasteiger partial charge in [-0.25, -0.2) is 9.18 Å². The summed E-state index contributed by atoms with van der Waals surface area (Å²) in [6.07, 6.45) is -4.20. The monoisotopic (exact) mass is 513 g/mol. The molecule has 0 spiro atoms. The topological polar surface area (TPSA) is 88.8 Å². The quantitative estimate of drug-likeness (QED) is 0.423. The van der Waals surface area contributed by atoms with Crippen molar-refractivity contribution in [1.82, 2.24) is 4.57 Å². The second kappa shape index (κ2) is 9.35.